The summed E-state index contributed by atoms with van der Waals surface area (Å²) in [4.78, 5) is 31.2. The molecule has 1 amide bonds. The topological polar surface area (TPSA) is 55.2 Å². The molecule has 0 bridgehead atoms. The number of rotatable bonds is 4. The molecule has 5 nitrogen and oxygen atoms in total. The van der Waals surface area contributed by atoms with E-state index in [9.17, 15) is 9.59 Å². The zero-order valence-corrected chi connectivity index (χ0v) is 14.9. The normalized spacial score (nSPS) is 17.4. The Bertz CT molecular complexity index is 615. The van der Waals surface area contributed by atoms with Crippen LogP contribution in [-0.4, -0.2) is 39.2 Å². The Kier molecular flexibility index (Phi) is 5.00. The van der Waals surface area contributed by atoms with Gasteiger partial charge in [0.15, 0.2) is 5.16 Å². The summed E-state index contributed by atoms with van der Waals surface area (Å²) in [6, 6.07) is 1.53. The molecule has 1 aromatic rings. The number of thioether (sulfide) groups is 1. The number of carbonyl (C=O) groups excluding carboxylic acids is 1. The molecule has 1 aliphatic rings. The lowest BCUT2D eigenvalue weighted by atomic mass is 9.92. The smallest absolute Gasteiger partial charge is 0.254 e. The fourth-order valence-electron chi connectivity index (χ4n) is 2.59. The molecule has 0 radical (unpaired) electrons. The predicted octanol–water partition coefficient (Wildman–Crippen LogP) is 2.45. The minimum absolute atomic E-state index is 0.0442. The minimum Gasteiger partial charge on any atom is -0.343 e. The molecule has 1 atom stereocenters. The van der Waals surface area contributed by atoms with Crippen LogP contribution in [0.4, 0.5) is 0 Å². The highest BCUT2D eigenvalue weighted by atomic mass is 32.2. The lowest BCUT2D eigenvalue weighted by molar-refractivity contribution is -0.131. The summed E-state index contributed by atoms with van der Waals surface area (Å²) in [6.07, 6.45) is 0.373. The first kappa shape index (κ1) is 17.1. The largest absolute Gasteiger partial charge is 0.343 e. The molecule has 0 fully saturated rings. The van der Waals surface area contributed by atoms with Crippen LogP contribution < -0.4 is 5.56 Å². The van der Waals surface area contributed by atoms with Gasteiger partial charge in [0, 0.05) is 36.7 Å². The van der Waals surface area contributed by atoms with Crippen LogP contribution >= 0.6 is 11.8 Å². The van der Waals surface area contributed by atoms with Gasteiger partial charge in [-0.25, -0.2) is 4.98 Å². The summed E-state index contributed by atoms with van der Waals surface area (Å²) in [5.74, 6) is 0.846. The van der Waals surface area contributed by atoms with Gasteiger partial charge in [-0.05, 0) is 13.8 Å². The van der Waals surface area contributed by atoms with Gasteiger partial charge in [0.05, 0.1) is 11.7 Å². The van der Waals surface area contributed by atoms with Crippen molar-refractivity contribution >= 4 is 17.7 Å². The molecule has 0 aromatic carbocycles. The number of hydrogen-bond acceptors (Lipinski definition) is 4. The van der Waals surface area contributed by atoms with Crippen LogP contribution in [0.3, 0.4) is 0 Å². The summed E-state index contributed by atoms with van der Waals surface area (Å²) < 4.78 is 1.70. The Hall–Kier alpha value is -1.30. The number of aromatic nitrogens is 2. The highest BCUT2D eigenvalue weighted by Crippen LogP contribution is 2.33. The molecule has 0 saturated carbocycles. The zero-order valence-electron chi connectivity index (χ0n) is 14.0. The van der Waals surface area contributed by atoms with Crippen LogP contribution in [-0.2, 0) is 10.2 Å². The van der Waals surface area contributed by atoms with Crippen LogP contribution in [0.2, 0.25) is 0 Å². The standard InChI is InChI=1S/C16H25N3O2S/c1-6-18(7-2)13(20)8-11-10-22-15-17-12(16(3,4)5)9-14(21)19(11)15/h9,11H,6-8,10H2,1-5H3. The van der Waals surface area contributed by atoms with E-state index in [2.05, 4.69) is 4.98 Å². The van der Waals surface area contributed by atoms with Crippen molar-refractivity contribution in [3.05, 3.63) is 22.1 Å². The summed E-state index contributed by atoms with van der Waals surface area (Å²) >= 11 is 1.57. The van der Waals surface area contributed by atoms with Crippen LogP contribution in [0.25, 0.3) is 0 Å². The first-order chi connectivity index (χ1) is 10.3. The lowest BCUT2D eigenvalue weighted by Gasteiger charge is -2.22. The van der Waals surface area contributed by atoms with Crippen molar-refractivity contribution in [3.63, 3.8) is 0 Å². The van der Waals surface area contributed by atoms with Gasteiger partial charge in [-0.15, -0.1) is 0 Å². The maximum Gasteiger partial charge on any atom is 0.254 e. The molecule has 2 heterocycles. The lowest BCUT2D eigenvalue weighted by Crippen LogP contribution is -2.34. The van der Waals surface area contributed by atoms with Crippen LogP contribution in [0.15, 0.2) is 16.0 Å². The number of carbonyl (C=O) groups is 1. The average Bonchev–Trinajstić information content (AvgIpc) is 2.82. The maximum absolute atomic E-state index is 12.5. The molecule has 0 aliphatic carbocycles. The quantitative estimate of drug-likeness (QED) is 0.799. The first-order valence-corrected chi connectivity index (χ1v) is 8.81. The second-order valence-corrected chi connectivity index (χ2v) is 7.60. The molecule has 1 aliphatic heterocycles. The third-order valence-electron chi connectivity index (χ3n) is 3.98. The average molecular weight is 323 g/mol. The molecular weight excluding hydrogens is 298 g/mol. The summed E-state index contributed by atoms with van der Waals surface area (Å²) in [7, 11) is 0. The summed E-state index contributed by atoms with van der Waals surface area (Å²) in [5, 5.41) is 0.745. The Labute approximate surface area is 136 Å². The highest BCUT2D eigenvalue weighted by Gasteiger charge is 2.30. The predicted molar refractivity (Wildman–Crippen MR) is 89.5 cm³/mol. The molecule has 0 spiro atoms. The first-order valence-electron chi connectivity index (χ1n) is 7.82. The van der Waals surface area contributed by atoms with E-state index >= 15 is 0 Å². The van der Waals surface area contributed by atoms with Crippen LogP contribution in [0, 0.1) is 0 Å². The van der Waals surface area contributed by atoms with Gasteiger partial charge in [0.25, 0.3) is 5.56 Å². The van der Waals surface area contributed by atoms with Crippen molar-refractivity contribution in [2.24, 2.45) is 0 Å². The van der Waals surface area contributed by atoms with Gasteiger partial charge < -0.3 is 4.90 Å². The number of hydrogen-bond donors (Lipinski definition) is 0. The second-order valence-electron chi connectivity index (χ2n) is 6.62. The van der Waals surface area contributed by atoms with E-state index < -0.39 is 0 Å². The monoisotopic (exact) mass is 323 g/mol. The minimum atomic E-state index is -0.148. The molecule has 2 rings (SSSR count). The Morgan fingerprint density at radius 3 is 2.59 bits per heavy atom. The van der Waals surface area contributed by atoms with Crippen molar-refractivity contribution in [2.75, 3.05) is 18.8 Å². The van der Waals surface area contributed by atoms with Crippen molar-refractivity contribution in [3.8, 4) is 0 Å². The maximum atomic E-state index is 12.5. The summed E-state index contributed by atoms with van der Waals surface area (Å²) in [6.45, 7) is 11.5. The van der Waals surface area contributed by atoms with Crippen molar-refractivity contribution in [2.45, 2.75) is 57.7 Å². The Morgan fingerprint density at radius 2 is 2.05 bits per heavy atom. The van der Waals surface area contributed by atoms with Gasteiger partial charge >= 0.3 is 0 Å². The zero-order chi connectivity index (χ0) is 16.5. The molecular formula is C16H25N3O2S. The SMILES string of the molecule is CCN(CC)C(=O)CC1CSc2nc(C(C)(C)C)cc(=O)n21. The van der Waals surface area contributed by atoms with Gasteiger partial charge in [0.2, 0.25) is 5.91 Å². The van der Waals surface area contributed by atoms with E-state index in [0.717, 1.165) is 16.6 Å². The van der Waals surface area contributed by atoms with E-state index in [4.69, 9.17) is 0 Å². The fourth-order valence-corrected chi connectivity index (χ4v) is 3.74. The fraction of sp³-hybridized carbons (Fsp3) is 0.688. The van der Waals surface area contributed by atoms with E-state index in [1.807, 2.05) is 39.5 Å². The van der Waals surface area contributed by atoms with Gasteiger partial charge in [0.1, 0.15) is 0 Å². The number of nitrogens with zero attached hydrogens (tertiary/aromatic N) is 3. The van der Waals surface area contributed by atoms with Crippen molar-refractivity contribution < 1.29 is 4.79 Å². The molecule has 6 heteroatoms. The number of amides is 1. The Balaban J connectivity index is 2.27. The van der Waals surface area contributed by atoms with Gasteiger partial charge in [-0.1, -0.05) is 32.5 Å². The van der Waals surface area contributed by atoms with Crippen molar-refractivity contribution in [1.29, 1.82) is 0 Å². The third-order valence-corrected chi connectivity index (χ3v) is 5.08. The van der Waals surface area contributed by atoms with Gasteiger partial charge in [-0.3, -0.25) is 14.2 Å². The highest BCUT2D eigenvalue weighted by molar-refractivity contribution is 7.99. The van der Waals surface area contributed by atoms with Crippen LogP contribution in [0.5, 0.6) is 0 Å². The molecule has 0 N–H and O–H groups in total. The van der Waals surface area contributed by atoms with E-state index in [0.29, 0.717) is 19.5 Å². The van der Waals surface area contributed by atoms with Crippen LogP contribution in [0.1, 0.15) is 52.8 Å². The molecule has 122 valence electrons. The third kappa shape index (κ3) is 3.37. The number of fused-ring (bicyclic) bond motifs is 1. The van der Waals surface area contributed by atoms with E-state index in [1.165, 1.54) is 0 Å². The second kappa shape index (κ2) is 6.44. The van der Waals surface area contributed by atoms with E-state index in [-0.39, 0.29) is 22.9 Å². The molecule has 1 unspecified atom stereocenters. The van der Waals surface area contributed by atoms with Crippen molar-refractivity contribution in [1.82, 2.24) is 14.5 Å². The van der Waals surface area contributed by atoms with E-state index in [1.54, 1.807) is 22.4 Å². The molecule has 0 saturated heterocycles. The molecule has 1 aromatic heterocycles. The Morgan fingerprint density at radius 1 is 1.41 bits per heavy atom. The summed E-state index contributed by atoms with van der Waals surface area (Å²) in [5.41, 5.74) is 0.619. The van der Waals surface area contributed by atoms with Gasteiger partial charge in [-0.2, -0.15) is 0 Å². The molecule has 22 heavy (non-hydrogen) atoms.